The summed E-state index contributed by atoms with van der Waals surface area (Å²) in [5.74, 6) is 0.793. The Kier molecular flexibility index (Phi) is 9.38. The van der Waals surface area contributed by atoms with Crippen LogP contribution in [0.1, 0.15) is 109 Å². The SMILES string of the molecule is CCCCCCCCNC(=O)c1ccc2coc(C=C(C)C=CC3=C(C)CCCC3(C)C)c2c1. The van der Waals surface area contributed by atoms with Gasteiger partial charge in [0, 0.05) is 22.9 Å². The Morgan fingerprint density at radius 3 is 2.68 bits per heavy atom. The molecule has 1 N–H and O–H groups in total. The largest absolute Gasteiger partial charge is 0.464 e. The van der Waals surface area contributed by atoms with Crippen LogP contribution >= 0.6 is 0 Å². The van der Waals surface area contributed by atoms with E-state index < -0.39 is 0 Å². The van der Waals surface area contributed by atoms with Gasteiger partial charge in [-0.1, -0.05) is 76.7 Å². The molecule has 184 valence electrons. The highest BCUT2D eigenvalue weighted by atomic mass is 16.3. The van der Waals surface area contributed by atoms with E-state index in [0.29, 0.717) is 5.56 Å². The van der Waals surface area contributed by atoms with Crippen molar-refractivity contribution < 1.29 is 9.21 Å². The van der Waals surface area contributed by atoms with Gasteiger partial charge in [-0.25, -0.2) is 0 Å². The summed E-state index contributed by atoms with van der Waals surface area (Å²) in [6.07, 6.45) is 19.3. The van der Waals surface area contributed by atoms with E-state index in [-0.39, 0.29) is 11.3 Å². The maximum absolute atomic E-state index is 12.7. The molecule has 1 aliphatic rings. The molecule has 0 atom stereocenters. The van der Waals surface area contributed by atoms with Crippen molar-refractivity contribution in [3.05, 3.63) is 64.7 Å². The molecule has 0 saturated heterocycles. The van der Waals surface area contributed by atoms with Gasteiger partial charge in [-0.05, 0) is 74.3 Å². The van der Waals surface area contributed by atoms with Crippen LogP contribution in [0, 0.1) is 5.41 Å². The molecule has 3 heteroatoms. The Morgan fingerprint density at radius 2 is 1.91 bits per heavy atom. The Hall–Kier alpha value is -2.55. The quantitative estimate of drug-likeness (QED) is 0.268. The second-order valence-electron chi connectivity index (χ2n) is 10.6. The summed E-state index contributed by atoms with van der Waals surface area (Å²) in [7, 11) is 0. The van der Waals surface area contributed by atoms with Crippen molar-refractivity contribution in [1.29, 1.82) is 0 Å². The monoisotopic (exact) mass is 461 g/mol. The predicted molar refractivity (Wildman–Crippen MR) is 145 cm³/mol. The minimum Gasteiger partial charge on any atom is -0.464 e. The number of allylic oxidation sites excluding steroid dienone is 5. The lowest BCUT2D eigenvalue weighted by molar-refractivity contribution is 0.0953. The first-order valence-electron chi connectivity index (χ1n) is 13.2. The summed E-state index contributed by atoms with van der Waals surface area (Å²) in [5.41, 5.74) is 5.01. The molecule has 1 amide bonds. The van der Waals surface area contributed by atoms with Gasteiger partial charge in [0.2, 0.25) is 0 Å². The second kappa shape index (κ2) is 12.2. The molecule has 0 spiro atoms. The summed E-state index contributed by atoms with van der Waals surface area (Å²) in [5, 5.41) is 5.07. The third-order valence-corrected chi connectivity index (χ3v) is 7.12. The zero-order valence-electron chi connectivity index (χ0n) is 21.9. The van der Waals surface area contributed by atoms with Crippen LogP contribution in [0.25, 0.3) is 16.8 Å². The molecule has 0 aliphatic heterocycles. The van der Waals surface area contributed by atoms with Crippen LogP contribution in [0.3, 0.4) is 0 Å². The maximum Gasteiger partial charge on any atom is 0.251 e. The molecule has 0 saturated carbocycles. The number of unbranched alkanes of at least 4 members (excludes halogenated alkanes) is 5. The number of rotatable bonds is 11. The van der Waals surface area contributed by atoms with Gasteiger partial charge in [-0.3, -0.25) is 4.79 Å². The smallest absolute Gasteiger partial charge is 0.251 e. The minimum absolute atomic E-state index is 0.00912. The summed E-state index contributed by atoms with van der Waals surface area (Å²) in [6.45, 7) is 12.0. The number of benzene rings is 1. The highest BCUT2D eigenvalue weighted by molar-refractivity contribution is 6.00. The Labute approximate surface area is 206 Å². The van der Waals surface area contributed by atoms with Crippen LogP contribution in [0.5, 0.6) is 0 Å². The summed E-state index contributed by atoms with van der Waals surface area (Å²) >= 11 is 0. The number of carbonyl (C=O) groups excluding carboxylic acids is 1. The number of amides is 1. The van der Waals surface area contributed by atoms with E-state index in [9.17, 15) is 4.79 Å². The topological polar surface area (TPSA) is 42.2 Å². The van der Waals surface area contributed by atoms with Crippen LogP contribution in [0.15, 0.2) is 57.8 Å². The normalized spacial score (nSPS) is 16.6. The molecule has 0 unspecified atom stereocenters. The fourth-order valence-electron chi connectivity index (χ4n) is 5.01. The molecule has 1 aliphatic carbocycles. The van der Waals surface area contributed by atoms with Gasteiger partial charge in [0.25, 0.3) is 5.91 Å². The number of hydrogen-bond acceptors (Lipinski definition) is 2. The van der Waals surface area contributed by atoms with E-state index in [2.05, 4.69) is 58.2 Å². The fraction of sp³-hybridized carbons (Fsp3) is 0.516. The van der Waals surface area contributed by atoms with Crippen molar-refractivity contribution in [2.24, 2.45) is 5.41 Å². The predicted octanol–water partition coefficient (Wildman–Crippen LogP) is 9.01. The molecule has 1 aromatic carbocycles. The molecular weight excluding hydrogens is 418 g/mol. The van der Waals surface area contributed by atoms with E-state index in [1.54, 1.807) is 6.26 Å². The van der Waals surface area contributed by atoms with Gasteiger partial charge in [-0.15, -0.1) is 0 Å². The lowest BCUT2D eigenvalue weighted by Gasteiger charge is -2.32. The van der Waals surface area contributed by atoms with Crippen molar-refractivity contribution in [1.82, 2.24) is 5.32 Å². The van der Waals surface area contributed by atoms with Crippen LogP contribution in [-0.2, 0) is 0 Å². The van der Waals surface area contributed by atoms with Gasteiger partial charge in [0.15, 0.2) is 0 Å². The van der Waals surface area contributed by atoms with E-state index in [4.69, 9.17) is 4.42 Å². The molecule has 3 nitrogen and oxygen atoms in total. The summed E-state index contributed by atoms with van der Waals surface area (Å²) in [4.78, 5) is 12.7. The Balaban J connectivity index is 1.66. The molecule has 0 bridgehead atoms. The number of hydrogen-bond donors (Lipinski definition) is 1. The highest BCUT2D eigenvalue weighted by Gasteiger charge is 2.26. The van der Waals surface area contributed by atoms with Crippen molar-refractivity contribution in [2.45, 2.75) is 92.4 Å². The Morgan fingerprint density at radius 1 is 1.15 bits per heavy atom. The third-order valence-electron chi connectivity index (χ3n) is 7.12. The van der Waals surface area contributed by atoms with Crippen molar-refractivity contribution >= 4 is 22.8 Å². The first-order chi connectivity index (χ1) is 16.3. The van der Waals surface area contributed by atoms with E-state index in [1.807, 2.05) is 18.2 Å². The second-order valence-corrected chi connectivity index (χ2v) is 10.6. The van der Waals surface area contributed by atoms with E-state index >= 15 is 0 Å². The summed E-state index contributed by atoms with van der Waals surface area (Å²) < 4.78 is 5.87. The van der Waals surface area contributed by atoms with Crippen LogP contribution in [0.4, 0.5) is 0 Å². The molecule has 0 radical (unpaired) electrons. The van der Waals surface area contributed by atoms with Crippen LogP contribution in [0.2, 0.25) is 0 Å². The van der Waals surface area contributed by atoms with E-state index in [0.717, 1.165) is 35.1 Å². The lowest BCUT2D eigenvalue weighted by atomic mass is 9.72. The molecule has 2 aromatic rings. The molecule has 1 heterocycles. The number of carbonyl (C=O) groups is 1. The number of fused-ring (bicyclic) bond motifs is 1. The molecule has 1 aromatic heterocycles. The van der Waals surface area contributed by atoms with Crippen LogP contribution in [-0.4, -0.2) is 12.5 Å². The standard InChI is InChI=1S/C31H43NO2/c1-6-7-8-9-10-11-19-32-30(33)25-15-16-26-22-34-29(27(26)21-25)20-23(2)14-17-28-24(3)13-12-18-31(28,4)5/h14-17,20-22H,6-13,18-19H2,1-5H3,(H,32,33). The fourth-order valence-corrected chi connectivity index (χ4v) is 5.01. The average Bonchev–Trinajstić information content (AvgIpc) is 3.19. The van der Waals surface area contributed by atoms with Crippen molar-refractivity contribution in [2.75, 3.05) is 6.54 Å². The number of furan rings is 1. The first kappa shape index (κ1) is 26.1. The molecule has 0 fully saturated rings. The van der Waals surface area contributed by atoms with Crippen molar-refractivity contribution in [3.63, 3.8) is 0 Å². The maximum atomic E-state index is 12.7. The molecular formula is C31H43NO2. The minimum atomic E-state index is -0.00912. The van der Waals surface area contributed by atoms with Gasteiger partial charge < -0.3 is 9.73 Å². The lowest BCUT2D eigenvalue weighted by Crippen LogP contribution is -2.24. The zero-order valence-corrected chi connectivity index (χ0v) is 21.9. The van der Waals surface area contributed by atoms with Gasteiger partial charge >= 0.3 is 0 Å². The third kappa shape index (κ3) is 6.98. The van der Waals surface area contributed by atoms with Crippen molar-refractivity contribution in [3.8, 4) is 0 Å². The molecule has 3 rings (SSSR count). The Bertz CT molecular complexity index is 1060. The number of nitrogens with one attached hydrogen (secondary N) is 1. The van der Waals surface area contributed by atoms with Crippen LogP contribution < -0.4 is 5.32 Å². The summed E-state index contributed by atoms with van der Waals surface area (Å²) in [6, 6.07) is 5.81. The van der Waals surface area contributed by atoms with Gasteiger partial charge in [-0.2, -0.15) is 0 Å². The van der Waals surface area contributed by atoms with E-state index in [1.165, 1.54) is 62.5 Å². The van der Waals surface area contributed by atoms with Gasteiger partial charge in [0.05, 0.1) is 6.26 Å². The van der Waals surface area contributed by atoms with Gasteiger partial charge in [0.1, 0.15) is 5.76 Å². The first-order valence-corrected chi connectivity index (χ1v) is 13.2. The molecule has 34 heavy (non-hydrogen) atoms. The zero-order chi connectivity index (χ0) is 24.6. The highest BCUT2D eigenvalue weighted by Crippen LogP contribution is 2.40. The average molecular weight is 462 g/mol.